The highest BCUT2D eigenvalue weighted by Crippen LogP contribution is 2.14. The van der Waals surface area contributed by atoms with Gasteiger partial charge >= 0.3 is 0 Å². The van der Waals surface area contributed by atoms with Gasteiger partial charge in [-0.05, 0) is 37.6 Å². The maximum atomic E-state index is 13.3. The molecule has 1 saturated heterocycles. The minimum Gasteiger partial charge on any atom is -0.392 e. The number of nitrogens with zero attached hydrogens (tertiary/aromatic N) is 2. The molecule has 2 rings (SSSR count). The highest BCUT2D eigenvalue weighted by molar-refractivity contribution is 7.80. The summed E-state index contributed by atoms with van der Waals surface area (Å²) in [6.07, 6.45) is 0. The monoisotopic (exact) mass is 309 g/mol. The zero-order valence-electron chi connectivity index (χ0n) is 12.3. The van der Waals surface area contributed by atoms with Gasteiger partial charge in [-0.1, -0.05) is 12.2 Å². The average Bonchev–Trinajstić information content (AvgIpc) is 2.48. The van der Waals surface area contributed by atoms with Crippen LogP contribution in [-0.2, 0) is 0 Å². The number of piperazine rings is 1. The first-order valence-electron chi connectivity index (χ1n) is 6.99. The van der Waals surface area contributed by atoms with Crippen LogP contribution in [0.2, 0.25) is 0 Å². The van der Waals surface area contributed by atoms with Crippen molar-refractivity contribution >= 4 is 23.1 Å². The van der Waals surface area contributed by atoms with Crippen molar-refractivity contribution in [3.8, 4) is 0 Å². The van der Waals surface area contributed by atoms with E-state index in [0.29, 0.717) is 29.2 Å². The molecule has 1 unspecified atom stereocenters. The standard InChI is InChI=1S/C15H20FN3OS/c1-10-9-12(3-4-13(10)16)15(20)19-7-5-18(6-8-19)11(2)14(17)21/h3-4,9,11H,5-8H2,1-2H3,(H2,17,21). The second kappa shape index (κ2) is 6.49. The quantitative estimate of drug-likeness (QED) is 0.861. The van der Waals surface area contributed by atoms with Crippen LogP contribution in [0.15, 0.2) is 18.2 Å². The van der Waals surface area contributed by atoms with Gasteiger partial charge in [0.15, 0.2) is 0 Å². The van der Waals surface area contributed by atoms with Crippen LogP contribution in [0.3, 0.4) is 0 Å². The predicted molar refractivity (Wildman–Crippen MR) is 84.9 cm³/mol. The van der Waals surface area contributed by atoms with E-state index in [1.54, 1.807) is 17.9 Å². The van der Waals surface area contributed by atoms with E-state index in [1.807, 2.05) is 6.92 Å². The van der Waals surface area contributed by atoms with Gasteiger partial charge in [-0.15, -0.1) is 0 Å². The summed E-state index contributed by atoms with van der Waals surface area (Å²) in [5, 5.41) is 0. The molecule has 0 radical (unpaired) electrons. The lowest BCUT2D eigenvalue weighted by atomic mass is 10.1. The Hall–Kier alpha value is -1.53. The van der Waals surface area contributed by atoms with E-state index in [1.165, 1.54) is 12.1 Å². The molecule has 1 aliphatic rings. The number of rotatable bonds is 3. The van der Waals surface area contributed by atoms with Crippen LogP contribution < -0.4 is 5.73 Å². The first kappa shape index (κ1) is 15.9. The van der Waals surface area contributed by atoms with E-state index in [2.05, 4.69) is 4.90 Å². The van der Waals surface area contributed by atoms with Crippen LogP contribution in [0.4, 0.5) is 4.39 Å². The summed E-state index contributed by atoms with van der Waals surface area (Å²) in [6.45, 7) is 6.37. The normalized spacial score (nSPS) is 17.6. The third kappa shape index (κ3) is 3.57. The van der Waals surface area contributed by atoms with Crippen LogP contribution in [-0.4, -0.2) is 52.9 Å². The molecule has 21 heavy (non-hydrogen) atoms. The van der Waals surface area contributed by atoms with Gasteiger partial charge in [0.25, 0.3) is 5.91 Å². The fourth-order valence-electron chi connectivity index (χ4n) is 2.45. The molecule has 2 N–H and O–H groups in total. The predicted octanol–water partition coefficient (Wildman–Crippen LogP) is 1.57. The lowest BCUT2D eigenvalue weighted by Crippen LogP contribution is -2.53. The van der Waals surface area contributed by atoms with Crippen molar-refractivity contribution in [3.05, 3.63) is 35.1 Å². The minimum absolute atomic E-state index is 0.0466. The van der Waals surface area contributed by atoms with Crippen molar-refractivity contribution in [2.45, 2.75) is 19.9 Å². The lowest BCUT2D eigenvalue weighted by Gasteiger charge is -2.37. The highest BCUT2D eigenvalue weighted by Gasteiger charge is 2.25. The summed E-state index contributed by atoms with van der Waals surface area (Å²) in [4.78, 5) is 16.8. The molecule has 1 amide bonds. The molecule has 0 spiro atoms. The Labute approximate surface area is 129 Å². The Kier molecular flexibility index (Phi) is 4.90. The molecule has 114 valence electrons. The first-order valence-corrected chi connectivity index (χ1v) is 7.39. The Morgan fingerprint density at radius 2 is 1.95 bits per heavy atom. The fraction of sp³-hybridized carbons (Fsp3) is 0.467. The third-order valence-electron chi connectivity index (χ3n) is 3.97. The molecule has 1 heterocycles. The van der Waals surface area contributed by atoms with Gasteiger partial charge in [0.1, 0.15) is 5.82 Å². The molecule has 1 aromatic rings. The fourth-order valence-corrected chi connectivity index (χ4v) is 2.60. The zero-order chi connectivity index (χ0) is 15.6. The number of halogens is 1. The van der Waals surface area contributed by atoms with E-state index in [0.717, 1.165) is 13.1 Å². The molecule has 0 aromatic heterocycles. The smallest absolute Gasteiger partial charge is 0.253 e. The van der Waals surface area contributed by atoms with Gasteiger partial charge in [-0.2, -0.15) is 0 Å². The van der Waals surface area contributed by atoms with Crippen molar-refractivity contribution in [1.82, 2.24) is 9.80 Å². The maximum Gasteiger partial charge on any atom is 0.253 e. The zero-order valence-corrected chi connectivity index (χ0v) is 13.1. The Morgan fingerprint density at radius 3 is 2.48 bits per heavy atom. The summed E-state index contributed by atoms with van der Waals surface area (Å²) in [5.41, 5.74) is 6.68. The summed E-state index contributed by atoms with van der Waals surface area (Å²) in [7, 11) is 0. The Morgan fingerprint density at radius 1 is 1.33 bits per heavy atom. The van der Waals surface area contributed by atoms with Crippen molar-refractivity contribution in [2.75, 3.05) is 26.2 Å². The summed E-state index contributed by atoms with van der Waals surface area (Å²) in [6, 6.07) is 4.52. The van der Waals surface area contributed by atoms with Crippen LogP contribution in [0.25, 0.3) is 0 Å². The SMILES string of the molecule is Cc1cc(C(=O)N2CCN(C(C)C(N)=S)CC2)ccc1F. The Bertz CT molecular complexity index is 556. The van der Waals surface area contributed by atoms with E-state index < -0.39 is 0 Å². The Balaban J connectivity index is 2.00. The average molecular weight is 309 g/mol. The summed E-state index contributed by atoms with van der Waals surface area (Å²) in [5.74, 6) is -0.345. The summed E-state index contributed by atoms with van der Waals surface area (Å²) >= 11 is 5.00. The summed E-state index contributed by atoms with van der Waals surface area (Å²) < 4.78 is 13.3. The van der Waals surface area contributed by atoms with Gasteiger partial charge in [-0.3, -0.25) is 9.69 Å². The van der Waals surface area contributed by atoms with E-state index in [-0.39, 0.29) is 17.8 Å². The molecule has 0 aliphatic carbocycles. The van der Waals surface area contributed by atoms with Crippen molar-refractivity contribution in [1.29, 1.82) is 0 Å². The second-order valence-corrected chi connectivity index (χ2v) is 5.84. The number of hydrogen-bond acceptors (Lipinski definition) is 3. The number of amides is 1. The van der Waals surface area contributed by atoms with Crippen molar-refractivity contribution < 1.29 is 9.18 Å². The van der Waals surface area contributed by atoms with E-state index in [9.17, 15) is 9.18 Å². The van der Waals surface area contributed by atoms with Crippen molar-refractivity contribution in [3.63, 3.8) is 0 Å². The second-order valence-electron chi connectivity index (χ2n) is 5.37. The number of nitrogens with two attached hydrogens (primary N) is 1. The van der Waals surface area contributed by atoms with Crippen molar-refractivity contribution in [2.24, 2.45) is 5.73 Å². The van der Waals surface area contributed by atoms with Crippen LogP contribution in [0.5, 0.6) is 0 Å². The van der Waals surface area contributed by atoms with E-state index >= 15 is 0 Å². The first-order chi connectivity index (χ1) is 9.90. The molecule has 4 nitrogen and oxygen atoms in total. The number of thiocarbonyl (C=S) groups is 1. The van der Waals surface area contributed by atoms with Gasteiger partial charge < -0.3 is 10.6 Å². The van der Waals surface area contributed by atoms with Crippen LogP contribution in [0.1, 0.15) is 22.8 Å². The molecule has 6 heteroatoms. The molecule has 1 aliphatic heterocycles. The number of carbonyl (C=O) groups excluding carboxylic acids is 1. The van der Waals surface area contributed by atoms with Gasteiger partial charge in [0, 0.05) is 31.7 Å². The number of hydrogen-bond donors (Lipinski definition) is 1. The van der Waals surface area contributed by atoms with Gasteiger partial charge in [-0.25, -0.2) is 4.39 Å². The largest absolute Gasteiger partial charge is 0.392 e. The molecular formula is C15H20FN3OS. The maximum absolute atomic E-state index is 13.3. The molecule has 1 fully saturated rings. The van der Waals surface area contributed by atoms with Gasteiger partial charge in [0.2, 0.25) is 0 Å². The lowest BCUT2D eigenvalue weighted by molar-refractivity contribution is 0.0621. The minimum atomic E-state index is -0.290. The number of carbonyl (C=O) groups is 1. The number of benzene rings is 1. The molecule has 1 atom stereocenters. The highest BCUT2D eigenvalue weighted by atomic mass is 32.1. The topological polar surface area (TPSA) is 49.6 Å². The molecule has 0 saturated carbocycles. The number of aryl methyl sites for hydroxylation is 1. The van der Waals surface area contributed by atoms with Gasteiger partial charge in [0.05, 0.1) is 11.0 Å². The van der Waals surface area contributed by atoms with E-state index in [4.69, 9.17) is 18.0 Å². The third-order valence-corrected chi connectivity index (χ3v) is 4.31. The molecule has 0 bridgehead atoms. The van der Waals surface area contributed by atoms with Crippen LogP contribution >= 0.6 is 12.2 Å². The molecular weight excluding hydrogens is 289 g/mol. The van der Waals surface area contributed by atoms with Crippen LogP contribution in [0, 0.1) is 12.7 Å². The molecule has 1 aromatic carbocycles.